The predicted molar refractivity (Wildman–Crippen MR) is 58.6 cm³/mol. The summed E-state index contributed by atoms with van der Waals surface area (Å²) in [6.07, 6.45) is 3.81. The zero-order valence-electron chi connectivity index (χ0n) is 7.29. The van der Waals surface area contributed by atoms with Crippen LogP contribution in [-0.4, -0.2) is 16.3 Å². The van der Waals surface area contributed by atoms with Crippen molar-refractivity contribution in [3.8, 4) is 0 Å². The van der Waals surface area contributed by atoms with Crippen LogP contribution in [0.3, 0.4) is 0 Å². The lowest BCUT2D eigenvalue weighted by atomic mass is 10.2. The number of H-pyrrole nitrogens is 1. The minimum Gasteiger partial charge on any atom is -0.360 e. The van der Waals surface area contributed by atoms with Crippen LogP contribution in [0.4, 0.5) is 0 Å². The molecule has 0 saturated carbocycles. The van der Waals surface area contributed by atoms with Crippen LogP contribution in [-0.2, 0) is 0 Å². The quantitative estimate of drug-likeness (QED) is 0.526. The highest BCUT2D eigenvalue weighted by Crippen LogP contribution is 2.20. The Morgan fingerprint density at radius 1 is 1.38 bits per heavy atom. The van der Waals surface area contributed by atoms with Crippen molar-refractivity contribution < 1.29 is 0 Å². The summed E-state index contributed by atoms with van der Waals surface area (Å²) in [4.78, 5) is 3.15. The van der Waals surface area contributed by atoms with Gasteiger partial charge in [0.2, 0.25) is 0 Å². The summed E-state index contributed by atoms with van der Waals surface area (Å²) in [6.45, 7) is 0. The maximum absolute atomic E-state index is 7.72. The number of rotatable bonds is 1. The first-order valence-corrected chi connectivity index (χ1v) is 5.24. The van der Waals surface area contributed by atoms with Crippen LogP contribution in [0.2, 0.25) is 0 Å². The van der Waals surface area contributed by atoms with E-state index in [9.17, 15) is 0 Å². The highest BCUT2D eigenvalue weighted by molar-refractivity contribution is 8.13. The summed E-state index contributed by atoms with van der Waals surface area (Å²) in [6, 6.07) is 8.04. The molecule has 1 heterocycles. The molecule has 0 fully saturated rings. The normalized spacial score (nSPS) is 10.5. The number of benzene rings is 1. The topological polar surface area (TPSA) is 39.6 Å². The van der Waals surface area contributed by atoms with Gasteiger partial charge in [0.15, 0.2) is 0 Å². The lowest BCUT2D eigenvalue weighted by Crippen LogP contribution is -1.88. The highest BCUT2D eigenvalue weighted by Gasteiger charge is 2.05. The number of thioether (sulfide) groups is 1. The first-order chi connectivity index (χ1) is 6.33. The number of aromatic amines is 1. The molecule has 3 heteroatoms. The summed E-state index contributed by atoms with van der Waals surface area (Å²) in [5.74, 6) is 0. The maximum Gasteiger partial charge on any atom is 0.0961 e. The molecule has 0 aliphatic carbocycles. The van der Waals surface area contributed by atoms with E-state index in [0.717, 1.165) is 16.5 Å². The molecule has 0 unspecified atom stereocenters. The van der Waals surface area contributed by atoms with Crippen molar-refractivity contribution in [3.05, 3.63) is 36.0 Å². The van der Waals surface area contributed by atoms with Crippen molar-refractivity contribution in [2.24, 2.45) is 0 Å². The van der Waals surface area contributed by atoms with Gasteiger partial charge in [0.1, 0.15) is 0 Å². The van der Waals surface area contributed by atoms with E-state index in [1.54, 1.807) is 0 Å². The van der Waals surface area contributed by atoms with Crippen LogP contribution in [0.25, 0.3) is 10.9 Å². The highest BCUT2D eigenvalue weighted by atomic mass is 32.2. The number of fused-ring (bicyclic) bond motifs is 1. The van der Waals surface area contributed by atoms with Crippen molar-refractivity contribution in [3.63, 3.8) is 0 Å². The van der Waals surface area contributed by atoms with Gasteiger partial charge in [-0.1, -0.05) is 18.2 Å². The Morgan fingerprint density at radius 3 is 2.92 bits per heavy atom. The molecule has 2 nitrogen and oxygen atoms in total. The number of para-hydroxylation sites is 1. The van der Waals surface area contributed by atoms with E-state index in [1.165, 1.54) is 11.8 Å². The van der Waals surface area contributed by atoms with E-state index in [1.807, 2.05) is 36.7 Å². The molecule has 0 radical (unpaired) electrons. The van der Waals surface area contributed by atoms with Gasteiger partial charge in [0, 0.05) is 22.7 Å². The van der Waals surface area contributed by atoms with Gasteiger partial charge in [-0.25, -0.2) is 0 Å². The monoisotopic (exact) mass is 190 g/mol. The third-order valence-corrected chi connectivity index (χ3v) is 2.67. The molecule has 0 atom stereocenters. The molecule has 0 bridgehead atoms. The molecule has 1 aromatic heterocycles. The van der Waals surface area contributed by atoms with E-state index < -0.39 is 0 Å². The van der Waals surface area contributed by atoms with Gasteiger partial charge in [0.05, 0.1) is 5.04 Å². The van der Waals surface area contributed by atoms with Crippen LogP contribution >= 0.6 is 11.8 Å². The zero-order valence-corrected chi connectivity index (χ0v) is 8.11. The van der Waals surface area contributed by atoms with Gasteiger partial charge < -0.3 is 4.98 Å². The number of hydrogen-bond donors (Lipinski definition) is 2. The Morgan fingerprint density at radius 2 is 2.15 bits per heavy atom. The minimum atomic E-state index is 0.609. The molecule has 0 amide bonds. The molecule has 2 N–H and O–H groups in total. The molecule has 2 aromatic rings. The fourth-order valence-corrected chi connectivity index (χ4v) is 1.76. The molecule has 1 aromatic carbocycles. The van der Waals surface area contributed by atoms with Crippen molar-refractivity contribution in [2.45, 2.75) is 0 Å². The lowest BCUT2D eigenvalue weighted by Gasteiger charge is -1.96. The fourth-order valence-electron chi connectivity index (χ4n) is 1.37. The lowest BCUT2D eigenvalue weighted by molar-refractivity contribution is 1.46. The van der Waals surface area contributed by atoms with Gasteiger partial charge in [-0.3, -0.25) is 5.41 Å². The predicted octanol–water partition coefficient (Wildman–Crippen LogP) is 2.86. The van der Waals surface area contributed by atoms with Gasteiger partial charge >= 0.3 is 0 Å². The molecule has 0 saturated heterocycles. The smallest absolute Gasteiger partial charge is 0.0961 e. The summed E-state index contributed by atoms with van der Waals surface area (Å²) >= 11 is 1.46. The third-order valence-electron chi connectivity index (χ3n) is 2.04. The second kappa shape index (κ2) is 3.26. The second-order valence-corrected chi connectivity index (χ2v) is 3.60. The number of nitrogens with one attached hydrogen (secondary N) is 2. The summed E-state index contributed by atoms with van der Waals surface area (Å²) in [5, 5.41) is 9.46. The minimum absolute atomic E-state index is 0.609. The van der Waals surface area contributed by atoms with Crippen molar-refractivity contribution in [2.75, 3.05) is 6.26 Å². The standard InChI is InChI=1S/C10H10N2S/c1-13-10(11)8-6-12-9-5-3-2-4-7(8)9/h2-6,11-12H,1H3. The molecule has 2 rings (SSSR count). The summed E-state index contributed by atoms with van der Waals surface area (Å²) in [5.41, 5.74) is 2.08. The van der Waals surface area contributed by atoms with Gasteiger partial charge in [-0.2, -0.15) is 0 Å². The zero-order chi connectivity index (χ0) is 9.26. The first-order valence-electron chi connectivity index (χ1n) is 4.02. The van der Waals surface area contributed by atoms with Crippen LogP contribution < -0.4 is 0 Å². The van der Waals surface area contributed by atoms with Crippen molar-refractivity contribution >= 4 is 27.7 Å². The first kappa shape index (κ1) is 8.38. The van der Waals surface area contributed by atoms with Gasteiger partial charge in [-0.05, 0) is 12.3 Å². The maximum atomic E-state index is 7.72. The van der Waals surface area contributed by atoms with E-state index in [0.29, 0.717) is 5.04 Å². The third kappa shape index (κ3) is 1.35. The van der Waals surface area contributed by atoms with E-state index >= 15 is 0 Å². The Balaban J connectivity index is 2.64. The molecule has 13 heavy (non-hydrogen) atoms. The molecule has 0 spiro atoms. The van der Waals surface area contributed by atoms with Crippen molar-refractivity contribution in [1.29, 1.82) is 5.41 Å². The average Bonchev–Trinajstić information content (AvgIpc) is 2.60. The van der Waals surface area contributed by atoms with E-state index in [4.69, 9.17) is 5.41 Å². The molecular formula is C10H10N2S. The average molecular weight is 190 g/mol. The SMILES string of the molecule is CSC(=N)c1c[nH]c2ccccc12. The van der Waals surface area contributed by atoms with Crippen LogP contribution in [0, 0.1) is 5.41 Å². The Labute approximate surface area is 80.9 Å². The largest absolute Gasteiger partial charge is 0.360 e. The Bertz CT molecular complexity index is 445. The van der Waals surface area contributed by atoms with Crippen LogP contribution in [0.15, 0.2) is 30.5 Å². The summed E-state index contributed by atoms with van der Waals surface area (Å²) < 4.78 is 0. The van der Waals surface area contributed by atoms with E-state index in [-0.39, 0.29) is 0 Å². The van der Waals surface area contributed by atoms with Crippen LogP contribution in [0.5, 0.6) is 0 Å². The van der Waals surface area contributed by atoms with Crippen LogP contribution in [0.1, 0.15) is 5.56 Å². The molecule has 0 aliphatic heterocycles. The van der Waals surface area contributed by atoms with E-state index in [2.05, 4.69) is 4.98 Å². The number of hydrogen-bond acceptors (Lipinski definition) is 2. The molecule has 0 aliphatic rings. The summed E-state index contributed by atoms with van der Waals surface area (Å²) in [7, 11) is 0. The Hall–Kier alpha value is -1.22. The second-order valence-electron chi connectivity index (χ2n) is 2.78. The van der Waals surface area contributed by atoms with Gasteiger partial charge in [0.25, 0.3) is 0 Å². The fraction of sp³-hybridized carbons (Fsp3) is 0.100. The molecular weight excluding hydrogens is 180 g/mol. The van der Waals surface area contributed by atoms with Gasteiger partial charge in [-0.15, -0.1) is 11.8 Å². The van der Waals surface area contributed by atoms with Crippen molar-refractivity contribution in [1.82, 2.24) is 4.98 Å². The Kier molecular flexibility index (Phi) is 2.10. The molecule has 66 valence electrons. The number of aromatic nitrogens is 1.